The molecule has 2 atom stereocenters. The zero-order valence-corrected chi connectivity index (χ0v) is 16.7. The molecule has 29 heavy (non-hydrogen) atoms. The Hall–Kier alpha value is -2.94. The fraction of sp³-hybridized carbons (Fsp3) is 0.500. The zero-order valence-electron chi connectivity index (χ0n) is 16.7. The highest BCUT2D eigenvalue weighted by atomic mass is 16.5. The Morgan fingerprint density at radius 1 is 1.28 bits per heavy atom. The van der Waals surface area contributed by atoms with E-state index in [2.05, 4.69) is 10.1 Å². The molecule has 9 heteroatoms. The molecule has 2 aliphatic heterocycles. The predicted octanol–water partition coefficient (Wildman–Crippen LogP) is 0.644. The highest BCUT2D eigenvalue weighted by Crippen LogP contribution is 2.26. The van der Waals surface area contributed by atoms with Crippen LogP contribution in [0.4, 0.5) is 0 Å². The molecule has 0 unspecified atom stereocenters. The van der Waals surface area contributed by atoms with Crippen molar-refractivity contribution in [2.75, 3.05) is 32.8 Å². The van der Waals surface area contributed by atoms with Crippen molar-refractivity contribution in [1.82, 2.24) is 24.6 Å². The lowest BCUT2D eigenvalue weighted by Gasteiger charge is -2.32. The lowest BCUT2D eigenvalue weighted by molar-refractivity contribution is -0.139. The first kappa shape index (κ1) is 19.4. The van der Waals surface area contributed by atoms with E-state index in [0.29, 0.717) is 50.7 Å². The summed E-state index contributed by atoms with van der Waals surface area (Å²) < 4.78 is 13.0. The maximum Gasteiger partial charge on any atom is 0.275 e. The predicted molar refractivity (Wildman–Crippen MR) is 103 cm³/mol. The van der Waals surface area contributed by atoms with Crippen LogP contribution in [-0.4, -0.2) is 81.4 Å². The van der Waals surface area contributed by atoms with E-state index in [1.54, 1.807) is 46.1 Å². The first-order valence-electron chi connectivity index (χ1n) is 9.78. The molecule has 2 aliphatic rings. The molecule has 0 saturated carbocycles. The van der Waals surface area contributed by atoms with Crippen LogP contribution in [0, 0.1) is 6.92 Å². The van der Waals surface area contributed by atoms with E-state index in [1.807, 2.05) is 13.0 Å². The number of aryl methyl sites for hydroxylation is 2. The van der Waals surface area contributed by atoms with Crippen LogP contribution in [0.15, 0.2) is 30.6 Å². The Morgan fingerprint density at radius 3 is 2.72 bits per heavy atom. The van der Waals surface area contributed by atoms with Crippen LogP contribution >= 0.6 is 0 Å². The maximum absolute atomic E-state index is 13.2. The number of morpholine rings is 1. The SMILES string of the molecule is Cc1cc(C(=O)N2C[C@@H](Oc3cccnc3)C[C@H]2C(=O)N2CCOCC2)nn1C. The van der Waals surface area contributed by atoms with Gasteiger partial charge in [0.05, 0.1) is 26.0 Å². The van der Waals surface area contributed by atoms with Crippen LogP contribution in [0.3, 0.4) is 0 Å². The molecule has 4 rings (SSSR count). The van der Waals surface area contributed by atoms with Crippen LogP contribution in [-0.2, 0) is 16.6 Å². The second-order valence-corrected chi connectivity index (χ2v) is 7.37. The number of hydrogen-bond acceptors (Lipinski definition) is 6. The number of likely N-dealkylation sites (tertiary alicyclic amines) is 1. The summed E-state index contributed by atoms with van der Waals surface area (Å²) in [6.07, 6.45) is 3.45. The molecule has 0 radical (unpaired) electrons. The molecule has 9 nitrogen and oxygen atoms in total. The zero-order chi connectivity index (χ0) is 20.4. The molecule has 0 N–H and O–H groups in total. The summed E-state index contributed by atoms with van der Waals surface area (Å²) in [5.41, 5.74) is 1.22. The number of carbonyl (C=O) groups is 2. The van der Waals surface area contributed by atoms with Crippen molar-refractivity contribution in [3.8, 4) is 5.75 Å². The second-order valence-electron chi connectivity index (χ2n) is 7.37. The minimum Gasteiger partial charge on any atom is -0.487 e. The fourth-order valence-electron chi connectivity index (χ4n) is 3.76. The van der Waals surface area contributed by atoms with Gasteiger partial charge < -0.3 is 19.3 Å². The lowest BCUT2D eigenvalue weighted by Crippen LogP contribution is -2.51. The number of pyridine rings is 1. The topological polar surface area (TPSA) is 89.8 Å². The summed E-state index contributed by atoms with van der Waals surface area (Å²) in [7, 11) is 1.79. The standard InChI is InChI=1S/C20H25N5O4/c1-14-10-17(22-23(14)2)19(26)25-13-16(29-15-4-3-5-21-12-15)11-18(25)20(27)24-6-8-28-9-7-24/h3-5,10,12,16,18H,6-9,11,13H2,1-2H3/t16-,18-/m0/s1. The van der Waals surface area contributed by atoms with E-state index in [1.165, 1.54) is 0 Å². The normalized spacial score (nSPS) is 22.0. The van der Waals surface area contributed by atoms with Gasteiger partial charge in [-0.25, -0.2) is 0 Å². The van der Waals surface area contributed by atoms with Crippen molar-refractivity contribution < 1.29 is 19.1 Å². The van der Waals surface area contributed by atoms with Crippen molar-refractivity contribution >= 4 is 11.8 Å². The number of hydrogen-bond donors (Lipinski definition) is 0. The van der Waals surface area contributed by atoms with Gasteiger partial charge in [-0.15, -0.1) is 0 Å². The van der Waals surface area contributed by atoms with Crippen molar-refractivity contribution in [3.63, 3.8) is 0 Å². The molecule has 2 aromatic heterocycles. The fourth-order valence-corrected chi connectivity index (χ4v) is 3.76. The summed E-state index contributed by atoms with van der Waals surface area (Å²) >= 11 is 0. The molecule has 0 spiro atoms. The third-order valence-corrected chi connectivity index (χ3v) is 5.40. The molecular weight excluding hydrogens is 374 g/mol. The maximum atomic E-state index is 13.2. The summed E-state index contributed by atoms with van der Waals surface area (Å²) in [6.45, 7) is 4.31. The number of nitrogens with zero attached hydrogens (tertiary/aromatic N) is 5. The summed E-state index contributed by atoms with van der Waals surface area (Å²) in [5.74, 6) is 0.308. The molecule has 154 valence electrons. The second kappa shape index (κ2) is 8.20. The van der Waals surface area contributed by atoms with E-state index < -0.39 is 6.04 Å². The van der Waals surface area contributed by atoms with Gasteiger partial charge in [-0.05, 0) is 25.1 Å². The van der Waals surface area contributed by atoms with E-state index in [9.17, 15) is 9.59 Å². The van der Waals surface area contributed by atoms with E-state index in [4.69, 9.17) is 9.47 Å². The van der Waals surface area contributed by atoms with Crippen LogP contribution < -0.4 is 4.74 Å². The Bertz CT molecular complexity index is 859. The van der Waals surface area contributed by atoms with Crippen LogP contribution in [0.25, 0.3) is 0 Å². The van der Waals surface area contributed by atoms with Crippen molar-refractivity contribution in [1.29, 1.82) is 0 Å². The average Bonchev–Trinajstić information content (AvgIpc) is 3.31. The summed E-state index contributed by atoms with van der Waals surface area (Å²) in [4.78, 5) is 33.8. The molecule has 0 aliphatic carbocycles. The molecule has 2 aromatic rings. The minimum atomic E-state index is -0.579. The van der Waals surface area contributed by atoms with Gasteiger partial charge >= 0.3 is 0 Å². The van der Waals surface area contributed by atoms with Crippen LogP contribution in [0.1, 0.15) is 22.6 Å². The third-order valence-electron chi connectivity index (χ3n) is 5.40. The molecule has 2 saturated heterocycles. The molecule has 2 amide bonds. The number of carbonyl (C=O) groups excluding carboxylic acids is 2. The third kappa shape index (κ3) is 4.09. The monoisotopic (exact) mass is 399 g/mol. The molecule has 0 bridgehead atoms. The van der Waals surface area contributed by atoms with Crippen molar-refractivity contribution in [2.24, 2.45) is 7.05 Å². The number of rotatable bonds is 4. The van der Waals surface area contributed by atoms with E-state index in [-0.39, 0.29) is 17.9 Å². The molecular formula is C20H25N5O4. The van der Waals surface area contributed by atoms with Crippen LogP contribution in [0.5, 0.6) is 5.75 Å². The lowest BCUT2D eigenvalue weighted by atomic mass is 10.1. The molecule has 0 aromatic carbocycles. The quantitative estimate of drug-likeness (QED) is 0.750. The van der Waals surface area contributed by atoms with Crippen LogP contribution in [0.2, 0.25) is 0 Å². The largest absolute Gasteiger partial charge is 0.487 e. The average molecular weight is 399 g/mol. The minimum absolute atomic E-state index is 0.0633. The van der Waals surface area contributed by atoms with Gasteiger partial charge in [-0.2, -0.15) is 5.10 Å². The number of ether oxygens (including phenoxy) is 2. The van der Waals surface area contributed by atoms with E-state index in [0.717, 1.165) is 5.69 Å². The van der Waals surface area contributed by atoms with Gasteiger partial charge in [-0.3, -0.25) is 19.3 Å². The Balaban J connectivity index is 1.56. The van der Waals surface area contributed by atoms with Gasteiger partial charge in [0.2, 0.25) is 5.91 Å². The summed E-state index contributed by atoms with van der Waals surface area (Å²) in [6, 6.07) is 4.77. The van der Waals surface area contributed by atoms with Gasteiger partial charge in [0, 0.05) is 38.4 Å². The first-order chi connectivity index (χ1) is 14.0. The Kier molecular flexibility index (Phi) is 5.48. The van der Waals surface area contributed by atoms with Gasteiger partial charge in [0.1, 0.15) is 17.9 Å². The van der Waals surface area contributed by atoms with E-state index >= 15 is 0 Å². The van der Waals surface area contributed by atoms with Gasteiger partial charge in [0.15, 0.2) is 5.69 Å². The smallest absolute Gasteiger partial charge is 0.275 e. The van der Waals surface area contributed by atoms with Gasteiger partial charge in [-0.1, -0.05) is 0 Å². The van der Waals surface area contributed by atoms with Crippen molar-refractivity contribution in [3.05, 3.63) is 42.0 Å². The highest BCUT2D eigenvalue weighted by molar-refractivity contribution is 5.96. The summed E-state index contributed by atoms with van der Waals surface area (Å²) in [5, 5.41) is 4.30. The number of amides is 2. The van der Waals surface area contributed by atoms with Crippen molar-refractivity contribution in [2.45, 2.75) is 25.5 Å². The highest BCUT2D eigenvalue weighted by Gasteiger charge is 2.43. The van der Waals surface area contributed by atoms with Gasteiger partial charge in [0.25, 0.3) is 5.91 Å². The Morgan fingerprint density at radius 2 is 2.07 bits per heavy atom. The first-order valence-corrected chi connectivity index (χ1v) is 9.78. The molecule has 4 heterocycles. The molecule has 2 fully saturated rings. The Labute approximate surface area is 169 Å². The number of aromatic nitrogens is 3.